The quantitative estimate of drug-likeness (QED) is 0.781. The second kappa shape index (κ2) is 5.68. The van der Waals surface area contributed by atoms with E-state index in [4.69, 9.17) is 0 Å². The number of hydrogen-bond acceptors (Lipinski definition) is 2. The number of nitrogens with one attached hydrogen (secondary N) is 1. The van der Waals surface area contributed by atoms with E-state index >= 15 is 0 Å². The summed E-state index contributed by atoms with van der Waals surface area (Å²) in [5, 5.41) is 3.56. The van der Waals surface area contributed by atoms with Crippen molar-refractivity contribution in [2.45, 2.75) is 39.7 Å². The molecule has 0 aromatic carbocycles. The molecular formula is C14H22BrNS. The molecule has 1 aromatic heterocycles. The van der Waals surface area contributed by atoms with Crippen LogP contribution in [0.15, 0.2) is 28.6 Å². The van der Waals surface area contributed by atoms with Gasteiger partial charge in [-0.2, -0.15) is 0 Å². The van der Waals surface area contributed by atoms with Gasteiger partial charge < -0.3 is 5.32 Å². The predicted octanol–water partition coefficient (Wildman–Crippen LogP) is 4.63. The van der Waals surface area contributed by atoms with Crippen LogP contribution < -0.4 is 5.32 Å². The van der Waals surface area contributed by atoms with Crippen LogP contribution in [0.5, 0.6) is 0 Å². The molecule has 0 amide bonds. The summed E-state index contributed by atoms with van der Waals surface area (Å²) >= 11 is 5.31. The molecule has 0 aliphatic carbocycles. The number of hydrogen-bond donors (Lipinski definition) is 1. The summed E-state index contributed by atoms with van der Waals surface area (Å²) in [5.74, 6) is 0. The third-order valence-corrected chi connectivity index (χ3v) is 4.35. The lowest BCUT2D eigenvalue weighted by molar-refractivity contribution is 0.324. The van der Waals surface area contributed by atoms with Crippen LogP contribution in [-0.2, 0) is 6.42 Å². The third-order valence-electron chi connectivity index (χ3n) is 2.72. The van der Waals surface area contributed by atoms with E-state index < -0.39 is 0 Å². The smallest absolute Gasteiger partial charge is 0.0701 e. The molecule has 1 N–H and O–H groups in total. The molecule has 1 unspecified atom stereocenters. The first-order valence-corrected chi connectivity index (χ1v) is 7.48. The first-order valence-electron chi connectivity index (χ1n) is 5.87. The Labute approximate surface area is 117 Å². The van der Waals surface area contributed by atoms with Gasteiger partial charge in [-0.05, 0) is 55.3 Å². The molecular weight excluding hydrogens is 294 g/mol. The Hall–Kier alpha value is -0.120. The fourth-order valence-electron chi connectivity index (χ4n) is 1.52. The minimum absolute atomic E-state index is 0.109. The first-order chi connectivity index (χ1) is 7.74. The Bertz CT molecular complexity index is 378. The van der Waals surface area contributed by atoms with Crippen molar-refractivity contribution in [3.05, 3.63) is 33.5 Å². The summed E-state index contributed by atoms with van der Waals surface area (Å²) in [6.07, 6.45) is 3.11. The fourth-order valence-corrected chi connectivity index (χ4v) is 3.20. The average molecular weight is 316 g/mol. The maximum Gasteiger partial charge on any atom is 0.0701 e. The number of thiophene rings is 1. The van der Waals surface area contributed by atoms with Gasteiger partial charge in [0.05, 0.1) is 3.79 Å². The van der Waals surface area contributed by atoms with Gasteiger partial charge in [0.2, 0.25) is 0 Å². The van der Waals surface area contributed by atoms with Crippen LogP contribution >= 0.6 is 27.3 Å². The molecule has 0 radical (unpaired) electrons. The van der Waals surface area contributed by atoms with Crippen molar-refractivity contribution < 1.29 is 0 Å². The summed E-state index contributed by atoms with van der Waals surface area (Å²) in [6, 6.07) is 4.30. The van der Waals surface area contributed by atoms with Crippen molar-refractivity contribution in [3.63, 3.8) is 0 Å². The highest BCUT2D eigenvalue weighted by Gasteiger charge is 2.23. The van der Waals surface area contributed by atoms with Crippen LogP contribution in [0.25, 0.3) is 0 Å². The summed E-state index contributed by atoms with van der Waals surface area (Å²) in [6.45, 7) is 13.8. The van der Waals surface area contributed by atoms with Crippen LogP contribution in [0.2, 0.25) is 0 Å². The van der Waals surface area contributed by atoms with E-state index in [0.717, 1.165) is 13.0 Å². The molecule has 0 fully saturated rings. The first kappa shape index (κ1) is 14.9. The largest absolute Gasteiger partial charge is 0.311 e. The van der Waals surface area contributed by atoms with E-state index in [9.17, 15) is 0 Å². The molecule has 1 atom stereocenters. The number of halogens is 1. The van der Waals surface area contributed by atoms with Crippen molar-refractivity contribution in [1.29, 1.82) is 0 Å². The predicted molar refractivity (Wildman–Crippen MR) is 81.8 cm³/mol. The maximum atomic E-state index is 3.99. The van der Waals surface area contributed by atoms with E-state index in [1.54, 1.807) is 11.3 Å². The molecule has 17 heavy (non-hydrogen) atoms. The molecule has 1 nitrogen and oxygen atoms in total. The van der Waals surface area contributed by atoms with Gasteiger partial charge in [-0.3, -0.25) is 0 Å². The summed E-state index contributed by atoms with van der Waals surface area (Å²) in [7, 11) is 0. The fraction of sp³-hybridized carbons (Fsp3) is 0.571. The molecule has 1 heterocycles. The maximum absolute atomic E-state index is 3.99. The van der Waals surface area contributed by atoms with Crippen LogP contribution in [-0.4, -0.2) is 12.1 Å². The van der Waals surface area contributed by atoms with Crippen molar-refractivity contribution >= 4 is 27.3 Å². The van der Waals surface area contributed by atoms with E-state index in [2.05, 4.69) is 73.7 Å². The highest BCUT2D eigenvalue weighted by atomic mass is 79.9. The monoisotopic (exact) mass is 315 g/mol. The minimum atomic E-state index is 0.109. The van der Waals surface area contributed by atoms with Gasteiger partial charge in [-0.1, -0.05) is 13.0 Å². The molecule has 0 saturated carbocycles. The zero-order valence-corrected chi connectivity index (χ0v) is 13.5. The Kier molecular flexibility index (Phi) is 4.99. The molecule has 0 aliphatic rings. The van der Waals surface area contributed by atoms with Gasteiger partial charge in [0.15, 0.2) is 0 Å². The van der Waals surface area contributed by atoms with E-state index in [1.807, 2.05) is 0 Å². The zero-order chi connectivity index (χ0) is 13.1. The third kappa shape index (κ3) is 5.36. The lowest BCUT2D eigenvalue weighted by Crippen LogP contribution is -2.42. The summed E-state index contributed by atoms with van der Waals surface area (Å²) in [5.41, 5.74) is 0.262. The van der Waals surface area contributed by atoms with Gasteiger partial charge in [-0.25, -0.2) is 0 Å². The van der Waals surface area contributed by atoms with Crippen molar-refractivity contribution in [2.24, 2.45) is 5.41 Å². The second-order valence-electron chi connectivity index (χ2n) is 5.84. The topological polar surface area (TPSA) is 12.0 Å². The SMILES string of the molecule is C=CC(C)(CNC(C)(C)C)Cc1ccc(Br)s1. The zero-order valence-electron chi connectivity index (χ0n) is 11.1. The Morgan fingerprint density at radius 1 is 1.35 bits per heavy atom. The summed E-state index contributed by atoms with van der Waals surface area (Å²) in [4.78, 5) is 1.40. The van der Waals surface area contributed by atoms with Crippen LogP contribution in [0.1, 0.15) is 32.6 Å². The van der Waals surface area contributed by atoms with Crippen LogP contribution in [0, 0.1) is 5.41 Å². The molecule has 1 rings (SSSR count). The molecule has 3 heteroatoms. The highest BCUT2D eigenvalue weighted by Crippen LogP contribution is 2.30. The van der Waals surface area contributed by atoms with E-state index in [1.165, 1.54) is 8.66 Å². The van der Waals surface area contributed by atoms with Gasteiger partial charge in [-0.15, -0.1) is 17.9 Å². The van der Waals surface area contributed by atoms with Crippen LogP contribution in [0.3, 0.4) is 0 Å². The van der Waals surface area contributed by atoms with Crippen LogP contribution in [0.4, 0.5) is 0 Å². The number of rotatable bonds is 5. The van der Waals surface area contributed by atoms with Crippen molar-refractivity contribution in [3.8, 4) is 0 Å². The van der Waals surface area contributed by atoms with Crippen molar-refractivity contribution in [1.82, 2.24) is 5.32 Å². The van der Waals surface area contributed by atoms with E-state index in [0.29, 0.717) is 0 Å². The molecule has 0 bridgehead atoms. The Balaban J connectivity index is 2.65. The molecule has 0 aliphatic heterocycles. The minimum Gasteiger partial charge on any atom is -0.311 e. The Morgan fingerprint density at radius 2 is 2.00 bits per heavy atom. The normalized spacial score (nSPS) is 15.6. The summed E-state index contributed by atoms with van der Waals surface area (Å²) < 4.78 is 1.20. The molecule has 0 spiro atoms. The second-order valence-corrected chi connectivity index (χ2v) is 8.39. The molecule has 1 aromatic rings. The van der Waals surface area contributed by atoms with Gasteiger partial charge in [0.1, 0.15) is 0 Å². The lowest BCUT2D eigenvalue weighted by atomic mass is 9.85. The molecule has 96 valence electrons. The van der Waals surface area contributed by atoms with Crippen molar-refractivity contribution in [2.75, 3.05) is 6.54 Å². The van der Waals surface area contributed by atoms with Gasteiger partial charge in [0.25, 0.3) is 0 Å². The van der Waals surface area contributed by atoms with Gasteiger partial charge in [0, 0.05) is 22.4 Å². The molecule has 0 saturated heterocycles. The lowest BCUT2D eigenvalue weighted by Gasteiger charge is -2.31. The highest BCUT2D eigenvalue weighted by molar-refractivity contribution is 9.11. The Morgan fingerprint density at radius 3 is 2.41 bits per heavy atom. The van der Waals surface area contributed by atoms with Gasteiger partial charge >= 0.3 is 0 Å². The average Bonchev–Trinajstić information content (AvgIpc) is 2.60. The van der Waals surface area contributed by atoms with E-state index in [-0.39, 0.29) is 11.0 Å². The standard InChI is InChI=1S/C14H22BrNS/c1-6-14(5,10-16-13(2,3)4)9-11-7-8-12(15)17-11/h6-8,16H,1,9-10H2,2-5H3.